The van der Waals surface area contributed by atoms with Crippen molar-refractivity contribution in [1.82, 2.24) is 0 Å². The molecule has 0 N–H and O–H groups in total. The summed E-state index contributed by atoms with van der Waals surface area (Å²) in [5.41, 5.74) is 0. The Morgan fingerprint density at radius 1 is 0.917 bits per heavy atom. The molecule has 0 atom stereocenters. The zero-order valence-electron chi connectivity index (χ0n) is 6.25. The van der Waals surface area contributed by atoms with Gasteiger partial charge in [0.25, 0.3) is 0 Å². The van der Waals surface area contributed by atoms with E-state index in [9.17, 15) is 5.11 Å². The highest BCUT2D eigenvalue weighted by atomic mass is 79.9. The third-order valence-electron chi connectivity index (χ3n) is 1.77. The first-order valence-electron chi connectivity index (χ1n) is 3.62. The highest BCUT2D eigenvalue weighted by Gasteiger charge is 1.91. The molecular formula is C10H6BrO-. The van der Waals surface area contributed by atoms with Crippen LogP contribution in [0.2, 0.25) is 0 Å². The molecule has 0 aliphatic rings. The molecule has 0 radical (unpaired) electrons. The van der Waals surface area contributed by atoms with Gasteiger partial charge in [-0.2, -0.15) is 0 Å². The van der Waals surface area contributed by atoms with Crippen LogP contribution < -0.4 is 5.11 Å². The Kier molecular flexibility index (Phi) is 1.77. The number of benzene rings is 2. The van der Waals surface area contributed by atoms with E-state index in [1.807, 2.05) is 24.3 Å². The van der Waals surface area contributed by atoms with Gasteiger partial charge in [0.1, 0.15) is 0 Å². The van der Waals surface area contributed by atoms with Crippen molar-refractivity contribution in [3.63, 3.8) is 0 Å². The molecule has 0 aromatic heterocycles. The standard InChI is InChI=1S/C10H7BrO/c11-9-3-1-7-2-4-10(12)6-8(7)5-9/h1-6,12H/p-1. The highest BCUT2D eigenvalue weighted by molar-refractivity contribution is 9.10. The molecule has 0 saturated heterocycles. The number of hydrogen-bond donors (Lipinski definition) is 0. The largest absolute Gasteiger partial charge is 0.872 e. The first-order valence-corrected chi connectivity index (χ1v) is 4.41. The van der Waals surface area contributed by atoms with E-state index < -0.39 is 0 Å². The predicted octanol–water partition coefficient (Wildman–Crippen LogP) is 2.68. The molecular weight excluding hydrogens is 216 g/mol. The van der Waals surface area contributed by atoms with E-state index in [1.165, 1.54) is 0 Å². The topological polar surface area (TPSA) is 23.1 Å². The van der Waals surface area contributed by atoms with Crippen molar-refractivity contribution in [3.8, 4) is 5.75 Å². The van der Waals surface area contributed by atoms with Gasteiger partial charge >= 0.3 is 0 Å². The van der Waals surface area contributed by atoms with Gasteiger partial charge in [-0.3, -0.25) is 0 Å². The molecule has 0 unspecified atom stereocenters. The number of halogens is 1. The number of hydrogen-bond acceptors (Lipinski definition) is 1. The van der Waals surface area contributed by atoms with E-state index in [4.69, 9.17) is 0 Å². The normalized spacial score (nSPS) is 10.4. The number of rotatable bonds is 0. The summed E-state index contributed by atoms with van der Waals surface area (Å²) in [6.07, 6.45) is 0. The molecule has 0 spiro atoms. The summed E-state index contributed by atoms with van der Waals surface area (Å²) in [5.74, 6) is 0.0561. The van der Waals surface area contributed by atoms with Crippen LogP contribution in [-0.2, 0) is 0 Å². The second kappa shape index (κ2) is 2.79. The summed E-state index contributed by atoms with van der Waals surface area (Å²) >= 11 is 3.35. The fourth-order valence-corrected chi connectivity index (χ4v) is 1.57. The molecule has 1 nitrogen and oxygen atoms in total. The van der Waals surface area contributed by atoms with Crippen molar-refractivity contribution in [2.75, 3.05) is 0 Å². The lowest BCUT2D eigenvalue weighted by atomic mass is 10.1. The Morgan fingerprint density at radius 3 is 2.50 bits per heavy atom. The fourth-order valence-electron chi connectivity index (χ4n) is 1.20. The molecule has 0 aliphatic carbocycles. The van der Waals surface area contributed by atoms with Crippen LogP contribution in [0.3, 0.4) is 0 Å². The summed E-state index contributed by atoms with van der Waals surface area (Å²) in [4.78, 5) is 0. The minimum Gasteiger partial charge on any atom is -0.872 e. The molecule has 2 heteroatoms. The van der Waals surface area contributed by atoms with Crippen molar-refractivity contribution >= 4 is 26.7 Å². The van der Waals surface area contributed by atoms with Crippen LogP contribution in [0.4, 0.5) is 0 Å². The smallest absolute Gasteiger partial charge is 0.0181 e. The summed E-state index contributed by atoms with van der Waals surface area (Å²) in [7, 11) is 0. The monoisotopic (exact) mass is 221 g/mol. The molecule has 0 aliphatic heterocycles. The Bertz CT molecular complexity index is 386. The maximum Gasteiger partial charge on any atom is 0.0181 e. The van der Waals surface area contributed by atoms with Gasteiger partial charge in [0, 0.05) is 4.47 Å². The molecule has 2 rings (SSSR count). The van der Waals surface area contributed by atoms with Gasteiger partial charge in [0.05, 0.1) is 0 Å². The van der Waals surface area contributed by atoms with Crippen molar-refractivity contribution in [3.05, 3.63) is 40.9 Å². The summed E-state index contributed by atoms with van der Waals surface area (Å²) in [5, 5.41) is 13.1. The maximum atomic E-state index is 11.0. The van der Waals surface area contributed by atoms with E-state index in [-0.39, 0.29) is 5.75 Å². The molecule has 0 bridgehead atoms. The van der Waals surface area contributed by atoms with Crippen LogP contribution in [0, 0.1) is 0 Å². The quantitative estimate of drug-likeness (QED) is 0.671. The van der Waals surface area contributed by atoms with Crippen LogP contribution in [0.1, 0.15) is 0 Å². The van der Waals surface area contributed by atoms with Crippen LogP contribution in [0.5, 0.6) is 5.75 Å². The van der Waals surface area contributed by atoms with Gasteiger partial charge in [-0.25, -0.2) is 0 Å². The van der Waals surface area contributed by atoms with Crippen LogP contribution in [0.15, 0.2) is 40.9 Å². The molecule has 2 aromatic rings. The predicted molar refractivity (Wildman–Crippen MR) is 51.1 cm³/mol. The van der Waals surface area contributed by atoms with Gasteiger partial charge in [0.2, 0.25) is 0 Å². The average Bonchev–Trinajstić information content (AvgIpc) is 2.03. The minimum atomic E-state index is 0.0561. The zero-order valence-corrected chi connectivity index (χ0v) is 7.84. The van der Waals surface area contributed by atoms with Gasteiger partial charge in [0.15, 0.2) is 0 Å². The Balaban J connectivity index is 2.80. The summed E-state index contributed by atoms with van der Waals surface area (Å²) in [6, 6.07) is 10.9. The molecule has 0 heterocycles. The van der Waals surface area contributed by atoms with E-state index in [0.29, 0.717) is 0 Å². The van der Waals surface area contributed by atoms with Crippen molar-refractivity contribution < 1.29 is 5.11 Å². The van der Waals surface area contributed by atoms with E-state index in [2.05, 4.69) is 15.9 Å². The second-order valence-electron chi connectivity index (χ2n) is 2.65. The van der Waals surface area contributed by atoms with Gasteiger partial charge in [-0.1, -0.05) is 40.2 Å². The van der Waals surface area contributed by atoms with E-state index in [1.54, 1.807) is 12.1 Å². The second-order valence-corrected chi connectivity index (χ2v) is 3.57. The molecule has 0 saturated carbocycles. The molecule has 60 valence electrons. The summed E-state index contributed by atoms with van der Waals surface area (Å²) in [6.45, 7) is 0. The third-order valence-corrected chi connectivity index (χ3v) is 2.27. The molecule has 2 aromatic carbocycles. The van der Waals surface area contributed by atoms with Crippen LogP contribution >= 0.6 is 15.9 Å². The van der Waals surface area contributed by atoms with E-state index >= 15 is 0 Å². The van der Waals surface area contributed by atoms with Crippen molar-refractivity contribution in [2.45, 2.75) is 0 Å². The van der Waals surface area contributed by atoms with Gasteiger partial charge < -0.3 is 5.11 Å². The first-order chi connectivity index (χ1) is 5.75. The SMILES string of the molecule is [O-]c1ccc2ccc(Br)cc2c1. The van der Waals surface area contributed by atoms with Gasteiger partial charge in [-0.05, 0) is 22.9 Å². The van der Waals surface area contributed by atoms with Crippen LogP contribution in [0.25, 0.3) is 10.8 Å². The third kappa shape index (κ3) is 1.30. The lowest BCUT2D eigenvalue weighted by Crippen LogP contribution is -1.87. The zero-order chi connectivity index (χ0) is 8.55. The molecule has 0 fully saturated rings. The number of fused-ring (bicyclic) bond motifs is 1. The van der Waals surface area contributed by atoms with Gasteiger partial charge in [-0.15, -0.1) is 5.75 Å². The maximum absolute atomic E-state index is 11.0. The van der Waals surface area contributed by atoms with Crippen LogP contribution in [-0.4, -0.2) is 0 Å². The minimum absolute atomic E-state index is 0.0561. The van der Waals surface area contributed by atoms with Crippen molar-refractivity contribution in [1.29, 1.82) is 0 Å². The van der Waals surface area contributed by atoms with Crippen molar-refractivity contribution in [2.24, 2.45) is 0 Å². The Morgan fingerprint density at radius 2 is 1.67 bits per heavy atom. The first kappa shape index (κ1) is 7.62. The fraction of sp³-hybridized carbons (Fsp3) is 0. The highest BCUT2D eigenvalue weighted by Crippen LogP contribution is 2.21. The lowest BCUT2D eigenvalue weighted by molar-refractivity contribution is -0.268. The van der Waals surface area contributed by atoms with E-state index in [0.717, 1.165) is 15.2 Å². The summed E-state index contributed by atoms with van der Waals surface area (Å²) < 4.78 is 1.00. The Hall–Kier alpha value is -1.02. The average molecular weight is 222 g/mol. The Labute approximate surface area is 78.8 Å². The lowest BCUT2D eigenvalue weighted by Gasteiger charge is -2.05. The molecule has 12 heavy (non-hydrogen) atoms. The molecule has 0 amide bonds.